The van der Waals surface area contributed by atoms with Crippen LogP contribution in [0, 0.1) is 0 Å². The van der Waals surface area contributed by atoms with Gasteiger partial charge < -0.3 is 14.7 Å². The van der Waals surface area contributed by atoms with Gasteiger partial charge in [-0.3, -0.25) is 0 Å². The lowest BCUT2D eigenvalue weighted by molar-refractivity contribution is 0.204. The molecule has 0 bridgehead atoms. The molecule has 26 heavy (non-hydrogen) atoms. The standard InChI is InChI=1S/C18H22N6O2/c1-11(2)17-10-14(21-26-17)16-5-4-8-24(16)18(25)19-12-6-7-15-13(9-12)20-22-23(15)3/h6-7,9-11,16H,4-5,8H2,1-3H3,(H,19,25)/t16-/m1/s1. The highest BCUT2D eigenvalue weighted by Crippen LogP contribution is 2.33. The molecule has 1 aromatic carbocycles. The maximum absolute atomic E-state index is 12.8. The molecular weight excluding hydrogens is 332 g/mol. The van der Waals surface area contributed by atoms with E-state index in [4.69, 9.17) is 4.52 Å². The van der Waals surface area contributed by atoms with Crippen LogP contribution in [0.2, 0.25) is 0 Å². The minimum absolute atomic E-state index is 0.0495. The number of carbonyl (C=O) groups is 1. The van der Waals surface area contributed by atoms with Gasteiger partial charge in [0.25, 0.3) is 0 Å². The van der Waals surface area contributed by atoms with Crippen molar-refractivity contribution < 1.29 is 9.32 Å². The highest BCUT2D eigenvalue weighted by atomic mass is 16.5. The van der Waals surface area contributed by atoms with E-state index in [0.29, 0.717) is 12.2 Å². The number of likely N-dealkylation sites (tertiary alicyclic amines) is 1. The van der Waals surface area contributed by atoms with E-state index in [0.717, 1.165) is 35.3 Å². The van der Waals surface area contributed by atoms with E-state index in [1.807, 2.05) is 36.2 Å². The number of aryl methyl sites for hydroxylation is 1. The van der Waals surface area contributed by atoms with E-state index >= 15 is 0 Å². The number of amides is 2. The Morgan fingerprint density at radius 2 is 2.19 bits per heavy atom. The fraction of sp³-hybridized carbons (Fsp3) is 0.444. The third kappa shape index (κ3) is 2.91. The van der Waals surface area contributed by atoms with Crippen LogP contribution in [0.25, 0.3) is 11.0 Å². The summed E-state index contributed by atoms with van der Waals surface area (Å²) in [6.45, 7) is 4.83. The first-order valence-electron chi connectivity index (χ1n) is 8.86. The summed E-state index contributed by atoms with van der Waals surface area (Å²) in [4.78, 5) is 14.6. The van der Waals surface area contributed by atoms with Crippen molar-refractivity contribution in [3.63, 3.8) is 0 Å². The Balaban J connectivity index is 1.52. The predicted octanol–water partition coefficient (Wildman–Crippen LogP) is 3.45. The molecule has 0 saturated carbocycles. The Labute approximate surface area is 151 Å². The number of aromatic nitrogens is 4. The van der Waals surface area contributed by atoms with Crippen LogP contribution in [0.15, 0.2) is 28.8 Å². The van der Waals surface area contributed by atoms with Crippen LogP contribution in [0.5, 0.6) is 0 Å². The normalized spacial score (nSPS) is 17.4. The predicted molar refractivity (Wildman–Crippen MR) is 96.8 cm³/mol. The summed E-state index contributed by atoms with van der Waals surface area (Å²) >= 11 is 0. The van der Waals surface area contributed by atoms with Crippen molar-refractivity contribution in [3.05, 3.63) is 35.7 Å². The van der Waals surface area contributed by atoms with Gasteiger partial charge in [0, 0.05) is 31.3 Å². The molecule has 2 amide bonds. The zero-order chi connectivity index (χ0) is 18.3. The van der Waals surface area contributed by atoms with E-state index in [-0.39, 0.29) is 18.0 Å². The van der Waals surface area contributed by atoms with Gasteiger partial charge in [0.05, 0.1) is 11.6 Å². The van der Waals surface area contributed by atoms with Crippen LogP contribution in [0.4, 0.5) is 10.5 Å². The molecule has 1 saturated heterocycles. The van der Waals surface area contributed by atoms with Crippen molar-refractivity contribution in [3.8, 4) is 0 Å². The Morgan fingerprint density at radius 3 is 2.96 bits per heavy atom. The summed E-state index contributed by atoms with van der Waals surface area (Å²) < 4.78 is 7.11. The van der Waals surface area contributed by atoms with Crippen LogP contribution < -0.4 is 5.32 Å². The fourth-order valence-electron chi connectivity index (χ4n) is 3.36. The summed E-state index contributed by atoms with van der Waals surface area (Å²) in [7, 11) is 1.84. The number of urea groups is 1. The SMILES string of the molecule is CC(C)c1cc([C@H]2CCCN2C(=O)Nc2ccc3c(c2)nnn3C)no1. The number of hydrogen-bond donors (Lipinski definition) is 1. The zero-order valence-electron chi connectivity index (χ0n) is 15.1. The van der Waals surface area contributed by atoms with Gasteiger partial charge in [0.15, 0.2) is 0 Å². The second-order valence-corrected chi connectivity index (χ2v) is 7.01. The summed E-state index contributed by atoms with van der Waals surface area (Å²) in [5, 5.41) is 15.2. The molecule has 8 nitrogen and oxygen atoms in total. The van der Waals surface area contributed by atoms with Crippen molar-refractivity contribution in [1.29, 1.82) is 0 Å². The molecule has 1 fully saturated rings. The van der Waals surface area contributed by atoms with E-state index < -0.39 is 0 Å². The summed E-state index contributed by atoms with van der Waals surface area (Å²) in [5.74, 6) is 1.12. The van der Waals surface area contributed by atoms with Gasteiger partial charge in [0.1, 0.15) is 17.0 Å². The first-order chi connectivity index (χ1) is 12.5. The van der Waals surface area contributed by atoms with Crippen molar-refractivity contribution in [2.45, 2.75) is 38.6 Å². The van der Waals surface area contributed by atoms with Gasteiger partial charge in [-0.15, -0.1) is 5.10 Å². The number of fused-ring (bicyclic) bond motifs is 1. The maximum atomic E-state index is 12.8. The van der Waals surface area contributed by atoms with Crippen LogP contribution in [0.1, 0.15) is 50.1 Å². The molecule has 0 aliphatic carbocycles. The highest BCUT2D eigenvalue weighted by molar-refractivity contribution is 5.92. The number of hydrogen-bond acceptors (Lipinski definition) is 5. The lowest BCUT2D eigenvalue weighted by Crippen LogP contribution is -2.34. The molecule has 3 heterocycles. The van der Waals surface area contributed by atoms with E-state index in [1.165, 1.54) is 0 Å². The van der Waals surface area contributed by atoms with Crippen LogP contribution in [-0.4, -0.2) is 37.6 Å². The molecule has 3 aromatic rings. The first-order valence-corrected chi connectivity index (χ1v) is 8.86. The lowest BCUT2D eigenvalue weighted by atomic mass is 10.1. The van der Waals surface area contributed by atoms with E-state index in [9.17, 15) is 4.79 Å². The third-order valence-corrected chi connectivity index (χ3v) is 4.83. The number of benzene rings is 1. The van der Waals surface area contributed by atoms with E-state index in [2.05, 4.69) is 34.6 Å². The smallest absolute Gasteiger partial charge is 0.322 e. The Hall–Kier alpha value is -2.90. The molecule has 2 aromatic heterocycles. The van der Waals surface area contributed by atoms with Gasteiger partial charge in [-0.25, -0.2) is 9.48 Å². The van der Waals surface area contributed by atoms with Crippen molar-refractivity contribution in [2.24, 2.45) is 7.05 Å². The number of anilines is 1. The summed E-state index contributed by atoms with van der Waals surface area (Å²) in [5.41, 5.74) is 3.20. The van der Waals surface area contributed by atoms with E-state index in [1.54, 1.807) is 4.68 Å². The maximum Gasteiger partial charge on any atom is 0.322 e. The molecule has 0 radical (unpaired) electrons. The minimum Gasteiger partial charge on any atom is -0.361 e. The molecule has 1 atom stereocenters. The van der Waals surface area contributed by atoms with Gasteiger partial charge in [-0.05, 0) is 31.0 Å². The number of carbonyl (C=O) groups excluding carboxylic acids is 1. The second-order valence-electron chi connectivity index (χ2n) is 7.01. The minimum atomic E-state index is -0.134. The van der Waals surface area contributed by atoms with Gasteiger partial charge in [-0.2, -0.15) is 0 Å². The molecule has 1 aliphatic heterocycles. The quantitative estimate of drug-likeness (QED) is 0.778. The van der Waals surface area contributed by atoms with Crippen molar-refractivity contribution in [1.82, 2.24) is 25.1 Å². The Bertz CT molecular complexity index is 944. The van der Waals surface area contributed by atoms with Crippen LogP contribution in [0.3, 0.4) is 0 Å². The van der Waals surface area contributed by atoms with Crippen molar-refractivity contribution >= 4 is 22.8 Å². The fourth-order valence-corrected chi connectivity index (χ4v) is 3.36. The third-order valence-electron chi connectivity index (χ3n) is 4.83. The average molecular weight is 354 g/mol. The lowest BCUT2D eigenvalue weighted by Gasteiger charge is -2.23. The van der Waals surface area contributed by atoms with Crippen molar-refractivity contribution in [2.75, 3.05) is 11.9 Å². The van der Waals surface area contributed by atoms with Crippen LogP contribution in [-0.2, 0) is 7.05 Å². The topological polar surface area (TPSA) is 89.1 Å². The van der Waals surface area contributed by atoms with Crippen LogP contribution >= 0.6 is 0 Å². The zero-order valence-corrected chi connectivity index (χ0v) is 15.1. The molecule has 136 valence electrons. The molecule has 0 unspecified atom stereocenters. The molecular formula is C18H22N6O2. The number of nitrogens with zero attached hydrogens (tertiary/aromatic N) is 5. The molecule has 4 rings (SSSR count). The number of rotatable bonds is 3. The molecule has 0 spiro atoms. The second kappa shape index (κ2) is 6.44. The highest BCUT2D eigenvalue weighted by Gasteiger charge is 2.32. The van der Waals surface area contributed by atoms with Gasteiger partial charge >= 0.3 is 6.03 Å². The average Bonchev–Trinajstić information content (AvgIpc) is 3.33. The molecule has 8 heteroatoms. The Morgan fingerprint density at radius 1 is 1.35 bits per heavy atom. The largest absolute Gasteiger partial charge is 0.361 e. The summed E-state index contributed by atoms with van der Waals surface area (Å²) in [6, 6.07) is 7.38. The first kappa shape index (κ1) is 16.6. The van der Waals surface area contributed by atoms with Gasteiger partial charge in [0.2, 0.25) is 0 Å². The summed E-state index contributed by atoms with van der Waals surface area (Å²) in [6.07, 6.45) is 1.84. The number of nitrogens with one attached hydrogen (secondary N) is 1. The molecule has 1 N–H and O–H groups in total. The monoisotopic (exact) mass is 354 g/mol. The van der Waals surface area contributed by atoms with Gasteiger partial charge in [-0.1, -0.05) is 24.2 Å². The molecule has 1 aliphatic rings. The Kier molecular flexibility index (Phi) is 4.10.